The summed E-state index contributed by atoms with van der Waals surface area (Å²) in [6.07, 6.45) is 7.68. The SMILES string of the molecule is NC1CCCCCCC1.O=C(O)O. The van der Waals surface area contributed by atoms with Gasteiger partial charge in [-0.3, -0.25) is 0 Å². The lowest BCUT2D eigenvalue weighted by Gasteiger charge is -2.13. The molecule has 4 nitrogen and oxygen atoms in total. The molecule has 1 saturated carbocycles. The van der Waals surface area contributed by atoms with E-state index in [4.69, 9.17) is 20.7 Å². The maximum atomic E-state index is 8.56. The minimum atomic E-state index is -1.83. The molecule has 0 amide bonds. The Hall–Kier alpha value is -0.770. The van der Waals surface area contributed by atoms with Crippen LogP contribution in [0.1, 0.15) is 44.9 Å². The standard InChI is InChI=1S/C8H17N.CH2O3/c9-8-6-4-2-1-3-5-7-8;2-1(3)4/h8H,1-7,9H2;(H2,2,3,4). The number of nitrogens with two attached hydrogens (primary N) is 1. The Labute approximate surface area is 78.7 Å². The number of hydrogen-bond donors (Lipinski definition) is 3. The second kappa shape index (κ2) is 7.86. The summed E-state index contributed by atoms with van der Waals surface area (Å²) in [5.41, 5.74) is 5.80. The fraction of sp³-hybridized carbons (Fsp3) is 0.889. The largest absolute Gasteiger partial charge is 0.503 e. The van der Waals surface area contributed by atoms with E-state index in [1.807, 2.05) is 0 Å². The predicted molar refractivity (Wildman–Crippen MR) is 50.9 cm³/mol. The van der Waals surface area contributed by atoms with Crippen molar-refractivity contribution >= 4 is 6.16 Å². The molecule has 0 atom stereocenters. The van der Waals surface area contributed by atoms with Gasteiger partial charge in [-0.2, -0.15) is 0 Å². The molecule has 4 heteroatoms. The van der Waals surface area contributed by atoms with Crippen LogP contribution in [0.15, 0.2) is 0 Å². The van der Waals surface area contributed by atoms with E-state index in [0.29, 0.717) is 6.04 Å². The quantitative estimate of drug-likeness (QED) is 0.546. The van der Waals surface area contributed by atoms with Gasteiger partial charge < -0.3 is 15.9 Å². The highest BCUT2D eigenvalue weighted by atomic mass is 16.6. The van der Waals surface area contributed by atoms with Crippen LogP contribution in [0.4, 0.5) is 4.79 Å². The van der Waals surface area contributed by atoms with Crippen molar-refractivity contribution in [3.05, 3.63) is 0 Å². The Morgan fingerprint density at radius 2 is 1.31 bits per heavy atom. The Bertz CT molecular complexity index is 127. The van der Waals surface area contributed by atoms with Crippen LogP contribution in [0.25, 0.3) is 0 Å². The third-order valence-corrected chi connectivity index (χ3v) is 2.15. The molecule has 1 fully saturated rings. The molecule has 0 bridgehead atoms. The van der Waals surface area contributed by atoms with Gasteiger partial charge in [0.1, 0.15) is 0 Å². The van der Waals surface area contributed by atoms with Crippen LogP contribution < -0.4 is 5.73 Å². The molecule has 1 aliphatic carbocycles. The molecule has 0 aromatic rings. The van der Waals surface area contributed by atoms with Crippen molar-refractivity contribution < 1.29 is 15.0 Å². The zero-order valence-corrected chi connectivity index (χ0v) is 7.91. The zero-order valence-electron chi connectivity index (χ0n) is 7.91. The molecule has 0 unspecified atom stereocenters. The second-order valence-corrected chi connectivity index (χ2v) is 3.39. The van der Waals surface area contributed by atoms with E-state index in [-0.39, 0.29) is 0 Å². The van der Waals surface area contributed by atoms with Gasteiger partial charge in [0.25, 0.3) is 0 Å². The van der Waals surface area contributed by atoms with E-state index >= 15 is 0 Å². The summed E-state index contributed by atoms with van der Waals surface area (Å²) in [5, 5.41) is 13.9. The van der Waals surface area contributed by atoms with Crippen LogP contribution in [-0.4, -0.2) is 22.4 Å². The van der Waals surface area contributed by atoms with E-state index in [9.17, 15) is 0 Å². The van der Waals surface area contributed by atoms with Gasteiger partial charge in [0.15, 0.2) is 0 Å². The molecule has 13 heavy (non-hydrogen) atoms. The first kappa shape index (κ1) is 12.2. The Balaban J connectivity index is 0.000000310. The molecular weight excluding hydrogens is 170 g/mol. The third kappa shape index (κ3) is 11.2. The third-order valence-electron chi connectivity index (χ3n) is 2.15. The van der Waals surface area contributed by atoms with Crippen LogP contribution in [-0.2, 0) is 0 Å². The lowest BCUT2D eigenvalue weighted by atomic mass is 9.98. The first-order valence-electron chi connectivity index (χ1n) is 4.80. The van der Waals surface area contributed by atoms with E-state index in [1.165, 1.54) is 44.9 Å². The number of carboxylic acid groups (broad SMARTS) is 2. The van der Waals surface area contributed by atoms with Crippen molar-refractivity contribution in [2.75, 3.05) is 0 Å². The van der Waals surface area contributed by atoms with E-state index < -0.39 is 6.16 Å². The minimum absolute atomic E-state index is 0.519. The van der Waals surface area contributed by atoms with E-state index in [2.05, 4.69) is 0 Å². The summed E-state index contributed by atoms with van der Waals surface area (Å²) in [6.45, 7) is 0. The lowest BCUT2D eigenvalue weighted by Crippen LogP contribution is -2.20. The van der Waals surface area contributed by atoms with Crippen LogP contribution in [0, 0.1) is 0 Å². The van der Waals surface area contributed by atoms with Gasteiger partial charge in [0.2, 0.25) is 0 Å². The highest BCUT2D eigenvalue weighted by molar-refractivity contribution is 5.53. The van der Waals surface area contributed by atoms with Gasteiger partial charge in [0.05, 0.1) is 0 Å². The summed E-state index contributed by atoms with van der Waals surface area (Å²) in [5.74, 6) is 0. The average molecular weight is 189 g/mol. The summed E-state index contributed by atoms with van der Waals surface area (Å²) in [6, 6.07) is 0.519. The Kier molecular flexibility index (Phi) is 7.39. The molecule has 0 heterocycles. The molecular formula is C9H19NO3. The number of carbonyl (C=O) groups is 1. The smallest absolute Gasteiger partial charge is 0.450 e. The fourth-order valence-corrected chi connectivity index (χ4v) is 1.49. The minimum Gasteiger partial charge on any atom is -0.450 e. The normalized spacial score (nSPS) is 19.2. The highest BCUT2D eigenvalue weighted by Gasteiger charge is 2.04. The molecule has 0 saturated heterocycles. The average Bonchev–Trinajstić information content (AvgIpc) is 1.95. The number of rotatable bonds is 0. The Morgan fingerprint density at radius 3 is 1.69 bits per heavy atom. The van der Waals surface area contributed by atoms with Gasteiger partial charge in [-0.1, -0.05) is 32.1 Å². The summed E-state index contributed by atoms with van der Waals surface area (Å²) in [7, 11) is 0. The van der Waals surface area contributed by atoms with Crippen LogP contribution in [0.2, 0.25) is 0 Å². The molecule has 0 aromatic carbocycles. The molecule has 1 aliphatic rings. The van der Waals surface area contributed by atoms with Crippen molar-refractivity contribution in [2.24, 2.45) is 5.73 Å². The molecule has 0 spiro atoms. The summed E-state index contributed by atoms with van der Waals surface area (Å²) in [4.78, 5) is 8.56. The van der Waals surface area contributed by atoms with Gasteiger partial charge in [-0.05, 0) is 12.8 Å². The van der Waals surface area contributed by atoms with Gasteiger partial charge in [-0.15, -0.1) is 0 Å². The van der Waals surface area contributed by atoms with Crippen LogP contribution >= 0.6 is 0 Å². The molecule has 0 radical (unpaired) electrons. The maximum Gasteiger partial charge on any atom is 0.503 e. The molecule has 4 N–H and O–H groups in total. The first-order chi connectivity index (χ1) is 6.13. The highest BCUT2D eigenvalue weighted by Crippen LogP contribution is 2.15. The summed E-state index contributed by atoms with van der Waals surface area (Å²) < 4.78 is 0. The van der Waals surface area contributed by atoms with Crippen LogP contribution in [0.3, 0.4) is 0 Å². The van der Waals surface area contributed by atoms with Gasteiger partial charge >= 0.3 is 6.16 Å². The molecule has 0 aliphatic heterocycles. The van der Waals surface area contributed by atoms with E-state index in [0.717, 1.165) is 0 Å². The maximum absolute atomic E-state index is 8.56. The molecule has 78 valence electrons. The van der Waals surface area contributed by atoms with Crippen molar-refractivity contribution in [2.45, 2.75) is 51.0 Å². The van der Waals surface area contributed by atoms with Gasteiger partial charge in [-0.25, -0.2) is 4.79 Å². The Morgan fingerprint density at radius 1 is 1.00 bits per heavy atom. The van der Waals surface area contributed by atoms with E-state index in [1.54, 1.807) is 0 Å². The van der Waals surface area contributed by atoms with Crippen molar-refractivity contribution in [1.29, 1.82) is 0 Å². The first-order valence-corrected chi connectivity index (χ1v) is 4.80. The monoisotopic (exact) mass is 189 g/mol. The van der Waals surface area contributed by atoms with Crippen molar-refractivity contribution in [3.8, 4) is 0 Å². The predicted octanol–water partition coefficient (Wildman–Crippen LogP) is 2.28. The lowest BCUT2D eigenvalue weighted by molar-refractivity contribution is 0.137. The second-order valence-electron chi connectivity index (χ2n) is 3.39. The van der Waals surface area contributed by atoms with Crippen molar-refractivity contribution in [3.63, 3.8) is 0 Å². The van der Waals surface area contributed by atoms with Crippen molar-refractivity contribution in [1.82, 2.24) is 0 Å². The molecule has 0 aromatic heterocycles. The van der Waals surface area contributed by atoms with Gasteiger partial charge in [0, 0.05) is 6.04 Å². The topological polar surface area (TPSA) is 83.6 Å². The summed E-state index contributed by atoms with van der Waals surface area (Å²) >= 11 is 0. The number of hydrogen-bond acceptors (Lipinski definition) is 2. The zero-order chi connectivity index (χ0) is 10.1. The molecule has 1 rings (SSSR count). The fourth-order valence-electron chi connectivity index (χ4n) is 1.49. The van der Waals surface area contributed by atoms with Crippen LogP contribution in [0.5, 0.6) is 0 Å².